The first-order valence-corrected chi connectivity index (χ1v) is 8.72. The van der Waals surface area contributed by atoms with Crippen LogP contribution >= 0.6 is 15.9 Å². The number of aryl methyl sites for hydroxylation is 1. The molecule has 0 atom stereocenters. The Morgan fingerprint density at radius 3 is 2.70 bits per heavy atom. The molecular weight excluding hydrogens is 358 g/mol. The molecule has 1 saturated heterocycles. The normalized spacial score (nSPS) is 15.6. The largest absolute Gasteiger partial charge is 0.483 e. The fourth-order valence-electron chi connectivity index (χ4n) is 2.50. The number of piperidine rings is 1. The standard InChI is InChI=1S/C17H24BrN3O2/c1-12(2)21-8-6-15(7-9-21)19-20-17(22)11-23-16-5-4-14(18)10-13(16)3/h4-5,10,12H,6-9,11H2,1-3H3,(H,20,22). The topological polar surface area (TPSA) is 53.9 Å². The Kier molecular flexibility index (Phi) is 6.59. The Bertz CT molecular complexity index is 577. The molecule has 1 N–H and O–H groups in total. The van der Waals surface area contributed by atoms with Gasteiger partial charge in [0.15, 0.2) is 6.61 Å². The number of benzene rings is 1. The van der Waals surface area contributed by atoms with Crippen LogP contribution in [-0.2, 0) is 4.79 Å². The smallest absolute Gasteiger partial charge is 0.277 e. The number of carbonyl (C=O) groups excluding carboxylic acids is 1. The monoisotopic (exact) mass is 381 g/mol. The molecule has 1 heterocycles. The number of likely N-dealkylation sites (tertiary alicyclic amines) is 1. The quantitative estimate of drug-likeness (QED) is 0.797. The van der Waals surface area contributed by atoms with E-state index < -0.39 is 0 Å². The van der Waals surface area contributed by atoms with Crippen LogP contribution in [0.4, 0.5) is 0 Å². The Balaban J connectivity index is 1.76. The zero-order chi connectivity index (χ0) is 16.8. The van der Waals surface area contributed by atoms with Crippen molar-refractivity contribution in [1.29, 1.82) is 0 Å². The minimum atomic E-state index is -0.230. The molecule has 1 aliphatic rings. The molecule has 2 rings (SSSR count). The van der Waals surface area contributed by atoms with E-state index >= 15 is 0 Å². The van der Waals surface area contributed by atoms with Crippen molar-refractivity contribution in [2.24, 2.45) is 5.10 Å². The van der Waals surface area contributed by atoms with Gasteiger partial charge in [-0.3, -0.25) is 4.79 Å². The molecule has 0 saturated carbocycles. The van der Waals surface area contributed by atoms with Gasteiger partial charge in [-0.25, -0.2) is 5.43 Å². The van der Waals surface area contributed by atoms with Crippen molar-refractivity contribution >= 4 is 27.5 Å². The summed E-state index contributed by atoms with van der Waals surface area (Å²) in [6.07, 6.45) is 1.82. The van der Waals surface area contributed by atoms with E-state index in [1.807, 2.05) is 25.1 Å². The summed E-state index contributed by atoms with van der Waals surface area (Å²) in [6, 6.07) is 6.26. The van der Waals surface area contributed by atoms with Gasteiger partial charge in [0.1, 0.15) is 5.75 Å². The van der Waals surface area contributed by atoms with Crippen molar-refractivity contribution < 1.29 is 9.53 Å². The van der Waals surface area contributed by atoms with Crippen molar-refractivity contribution in [3.05, 3.63) is 28.2 Å². The molecule has 0 aromatic heterocycles. The summed E-state index contributed by atoms with van der Waals surface area (Å²) in [5.74, 6) is 0.479. The van der Waals surface area contributed by atoms with E-state index in [0.717, 1.165) is 41.7 Å². The van der Waals surface area contributed by atoms with Gasteiger partial charge in [-0.15, -0.1) is 0 Å². The van der Waals surface area contributed by atoms with Crippen LogP contribution in [-0.4, -0.2) is 42.3 Å². The number of rotatable bonds is 5. The predicted octanol–water partition coefficient (Wildman–Crippen LogP) is 3.11. The molecule has 5 nitrogen and oxygen atoms in total. The van der Waals surface area contributed by atoms with Gasteiger partial charge in [0, 0.05) is 42.2 Å². The van der Waals surface area contributed by atoms with Crippen LogP contribution in [0.1, 0.15) is 32.3 Å². The van der Waals surface area contributed by atoms with Crippen LogP contribution in [0.3, 0.4) is 0 Å². The van der Waals surface area contributed by atoms with Gasteiger partial charge in [0.2, 0.25) is 0 Å². The molecule has 0 radical (unpaired) electrons. The predicted molar refractivity (Wildman–Crippen MR) is 95.9 cm³/mol. The van der Waals surface area contributed by atoms with Crippen molar-refractivity contribution in [2.45, 2.75) is 39.7 Å². The Morgan fingerprint density at radius 1 is 1.39 bits per heavy atom. The Morgan fingerprint density at radius 2 is 2.09 bits per heavy atom. The summed E-state index contributed by atoms with van der Waals surface area (Å²) in [5, 5.41) is 4.23. The lowest BCUT2D eigenvalue weighted by atomic mass is 10.1. The molecule has 0 aliphatic carbocycles. The first-order chi connectivity index (χ1) is 11.0. The van der Waals surface area contributed by atoms with Crippen molar-refractivity contribution in [3.63, 3.8) is 0 Å². The summed E-state index contributed by atoms with van der Waals surface area (Å²) >= 11 is 3.40. The van der Waals surface area contributed by atoms with Crippen LogP contribution in [0.5, 0.6) is 5.75 Å². The number of hydrogen-bond donors (Lipinski definition) is 1. The van der Waals surface area contributed by atoms with Crippen LogP contribution < -0.4 is 10.2 Å². The highest BCUT2D eigenvalue weighted by atomic mass is 79.9. The zero-order valence-corrected chi connectivity index (χ0v) is 15.5. The summed E-state index contributed by atoms with van der Waals surface area (Å²) in [6.45, 7) is 8.32. The van der Waals surface area contributed by atoms with Crippen molar-refractivity contribution in [2.75, 3.05) is 19.7 Å². The second kappa shape index (κ2) is 8.45. The number of ether oxygens (including phenoxy) is 1. The summed E-state index contributed by atoms with van der Waals surface area (Å²) in [4.78, 5) is 14.3. The summed E-state index contributed by atoms with van der Waals surface area (Å²) < 4.78 is 6.52. The number of amides is 1. The van der Waals surface area contributed by atoms with E-state index in [0.29, 0.717) is 11.8 Å². The van der Waals surface area contributed by atoms with Crippen molar-refractivity contribution in [1.82, 2.24) is 10.3 Å². The maximum Gasteiger partial charge on any atom is 0.277 e. The van der Waals surface area contributed by atoms with Crippen molar-refractivity contribution in [3.8, 4) is 5.75 Å². The number of hydrogen-bond acceptors (Lipinski definition) is 4. The molecule has 0 bridgehead atoms. The van der Waals surface area contributed by atoms with Crippen LogP contribution in [0.15, 0.2) is 27.8 Å². The van der Waals surface area contributed by atoms with E-state index in [4.69, 9.17) is 4.74 Å². The minimum absolute atomic E-state index is 0.0304. The zero-order valence-electron chi connectivity index (χ0n) is 13.9. The fourth-order valence-corrected chi connectivity index (χ4v) is 2.98. The lowest BCUT2D eigenvalue weighted by Crippen LogP contribution is -2.39. The third kappa shape index (κ3) is 5.62. The Hall–Kier alpha value is -1.40. The van der Waals surface area contributed by atoms with E-state index in [1.54, 1.807) is 0 Å². The third-order valence-electron chi connectivity index (χ3n) is 3.94. The van der Waals surface area contributed by atoms with Gasteiger partial charge in [-0.1, -0.05) is 15.9 Å². The fraction of sp³-hybridized carbons (Fsp3) is 0.529. The van der Waals surface area contributed by atoms with Crippen LogP contribution in [0, 0.1) is 6.92 Å². The molecule has 0 unspecified atom stereocenters. The number of carbonyl (C=O) groups is 1. The molecular formula is C17H24BrN3O2. The molecule has 0 spiro atoms. The second-order valence-electron chi connectivity index (χ2n) is 6.04. The molecule has 23 heavy (non-hydrogen) atoms. The summed E-state index contributed by atoms with van der Waals surface area (Å²) in [5.41, 5.74) is 4.63. The van der Waals surface area contributed by atoms with Gasteiger partial charge in [-0.2, -0.15) is 5.10 Å². The first kappa shape index (κ1) is 17.9. The van der Waals surface area contributed by atoms with Gasteiger partial charge >= 0.3 is 0 Å². The summed E-state index contributed by atoms with van der Waals surface area (Å²) in [7, 11) is 0. The lowest BCUT2D eigenvalue weighted by molar-refractivity contribution is -0.123. The lowest BCUT2D eigenvalue weighted by Gasteiger charge is -2.30. The van der Waals surface area contributed by atoms with Crippen LogP contribution in [0.2, 0.25) is 0 Å². The highest BCUT2D eigenvalue weighted by Crippen LogP contribution is 2.21. The van der Waals surface area contributed by atoms with E-state index in [1.165, 1.54) is 0 Å². The minimum Gasteiger partial charge on any atom is -0.483 e. The van der Waals surface area contributed by atoms with E-state index in [-0.39, 0.29) is 12.5 Å². The Labute approximate surface area is 146 Å². The number of hydrazone groups is 1. The SMILES string of the molecule is Cc1cc(Br)ccc1OCC(=O)NN=C1CCN(C(C)C)CC1. The number of halogens is 1. The van der Waals surface area contributed by atoms with E-state index in [9.17, 15) is 4.79 Å². The third-order valence-corrected chi connectivity index (χ3v) is 4.43. The van der Waals surface area contributed by atoms with Crippen LogP contribution in [0.25, 0.3) is 0 Å². The first-order valence-electron chi connectivity index (χ1n) is 7.93. The van der Waals surface area contributed by atoms with Gasteiger partial charge in [0.05, 0.1) is 0 Å². The number of nitrogens with zero attached hydrogens (tertiary/aromatic N) is 2. The van der Waals surface area contributed by atoms with Gasteiger partial charge < -0.3 is 9.64 Å². The maximum absolute atomic E-state index is 11.8. The molecule has 1 amide bonds. The molecule has 126 valence electrons. The number of nitrogens with one attached hydrogen (secondary N) is 1. The average molecular weight is 382 g/mol. The molecule has 1 aliphatic heterocycles. The van der Waals surface area contributed by atoms with Gasteiger partial charge in [0.25, 0.3) is 5.91 Å². The molecule has 1 aromatic carbocycles. The molecule has 1 fully saturated rings. The maximum atomic E-state index is 11.8. The molecule has 1 aromatic rings. The highest BCUT2D eigenvalue weighted by molar-refractivity contribution is 9.10. The average Bonchev–Trinajstić information content (AvgIpc) is 2.52. The highest BCUT2D eigenvalue weighted by Gasteiger charge is 2.17. The molecule has 6 heteroatoms. The van der Waals surface area contributed by atoms with E-state index in [2.05, 4.69) is 45.2 Å². The second-order valence-corrected chi connectivity index (χ2v) is 6.96. The van der Waals surface area contributed by atoms with Gasteiger partial charge in [-0.05, 0) is 44.5 Å².